The number of hydrogen-bond acceptors (Lipinski definition) is 7. The molecule has 0 radical (unpaired) electrons. The minimum Gasteiger partial charge on any atom is -0.497 e. The molecular weight excluding hydrogens is 352 g/mol. The molecule has 0 amide bonds. The van der Waals surface area contributed by atoms with Crippen LogP contribution in [-0.4, -0.2) is 41.1 Å². The Hall–Kier alpha value is -3.13. The monoisotopic (exact) mass is 368 g/mol. The van der Waals surface area contributed by atoms with Gasteiger partial charge >= 0.3 is 0 Å². The molecule has 0 bridgehead atoms. The van der Waals surface area contributed by atoms with Crippen LogP contribution in [0.5, 0.6) is 17.2 Å². The van der Waals surface area contributed by atoms with Gasteiger partial charge in [0.2, 0.25) is 4.96 Å². The van der Waals surface area contributed by atoms with Crippen molar-refractivity contribution in [2.24, 2.45) is 0 Å². The lowest BCUT2D eigenvalue weighted by Gasteiger charge is -2.10. The standard InChI is InChI=1S/C18H16N4O3S/c1-23-12-9-7-11(8-10-12)16-19-20-18-22(16)21-17(26-18)13-5-4-6-14(24-2)15(13)25-3/h4-10H,1-3H3. The third-order valence-corrected chi connectivity index (χ3v) is 4.90. The average molecular weight is 368 g/mol. The first-order valence-corrected chi connectivity index (χ1v) is 8.65. The van der Waals surface area contributed by atoms with Crippen LogP contribution in [0.15, 0.2) is 42.5 Å². The van der Waals surface area contributed by atoms with E-state index in [4.69, 9.17) is 14.2 Å². The second-order valence-corrected chi connectivity index (χ2v) is 6.35. The lowest BCUT2D eigenvalue weighted by molar-refractivity contribution is 0.356. The van der Waals surface area contributed by atoms with Crippen LogP contribution >= 0.6 is 11.3 Å². The molecule has 0 saturated heterocycles. The molecule has 0 unspecified atom stereocenters. The summed E-state index contributed by atoms with van der Waals surface area (Å²) >= 11 is 1.44. The van der Waals surface area contributed by atoms with Crippen LogP contribution in [0.3, 0.4) is 0 Å². The van der Waals surface area contributed by atoms with Crippen LogP contribution in [-0.2, 0) is 0 Å². The van der Waals surface area contributed by atoms with E-state index in [1.165, 1.54) is 11.3 Å². The van der Waals surface area contributed by atoms with Crippen molar-refractivity contribution in [2.75, 3.05) is 21.3 Å². The van der Waals surface area contributed by atoms with Gasteiger partial charge in [0.1, 0.15) is 5.75 Å². The topological polar surface area (TPSA) is 70.8 Å². The van der Waals surface area contributed by atoms with Crippen molar-refractivity contribution < 1.29 is 14.2 Å². The molecule has 7 nitrogen and oxygen atoms in total. The Labute approximate surface area is 153 Å². The van der Waals surface area contributed by atoms with Gasteiger partial charge in [-0.2, -0.15) is 9.61 Å². The van der Waals surface area contributed by atoms with Crippen LogP contribution in [0.25, 0.3) is 26.9 Å². The Morgan fingerprint density at radius 2 is 1.69 bits per heavy atom. The third kappa shape index (κ3) is 2.64. The molecule has 8 heteroatoms. The number of aromatic nitrogens is 4. The van der Waals surface area contributed by atoms with E-state index in [2.05, 4.69) is 15.3 Å². The Kier molecular flexibility index (Phi) is 4.18. The fourth-order valence-corrected chi connectivity index (χ4v) is 3.56. The minimum atomic E-state index is 0.644. The number of nitrogens with zero attached hydrogens (tertiary/aromatic N) is 4. The number of hydrogen-bond donors (Lipinski definition) is 0. The van der Waals surface area contributed by atoms with Gasteiger partial charge in [-0.25, -0.2) is 0 Å². The molecular formula is C18H16N4O3S. The lowest BCUT2D eigenvalue weighted by atomic mass is 10.2. The maximum Gasteiger partial charge on any atom is 0.235 e. The van der Waals surface area contributed by atoms with Crippen LogP contribution in [0.1, 0.15) is 0 Å². The van der Waals surface area contributed by atoms with Crippen LogP contribution < -0.4 is 14.2 Å². The molecule has 4 rings (SSSR count). The molecule has 4 aromatic rings. The molecule has 0 N–H and O–H groups in total. The molecule has 2 aromatic heterocycles. The van der Waals surface area contributed by atoms with E-state index in [0.717, 1.165) is 21.9 Å². The molecule has 132 valence electrons. The van der Waals surface area contributed by atoms with E-state index in [-0.39, 0.29) is 0 Å². The van der Waals surface area contributed by atoms with Crippen molar-refractivity contribution in [1.29, 1.82) is 0 Å². The fourth-order valence-electron chi connectivity index (χ4n) is 2.70. The lowest BCUT2D eigenvalue weighted by Crippen LogP contribution is -1.94. The molecule has 2 heterocycles. The maximum atomic E-state index is 5.52. The smallest absolute Gasteiger partial charge is 0.235 e. The summed E-state index contributed by atoms with van der Waals surface area (Å²) in [6.45, 7) is 0. The third-order valence-electron chi connectivity index (χ3n) is 3.97. The van der Waals surface area contributed by atoms with E-state index in [9.17, 15) is 0 Å². The van der Waals surface area contributed by atoms with Gasteiger partial charge in [0, 0.05) is 5.56 Å². The summed E-state index contributed by atoms with van der Waals surface area (Å²) in [5, 5.41) is 14.0. The average Bonchev–Trinajstić information content (AvgIpc) is 3.28. The summed E-state index contributed by atoms with van der Waals surface area (Å²) in [5.74, 6) is 2.76. The van der Waals surface area contributed by atoms with Gasteiger partial charge in [-0.3, -0.25) is 0 Å². The van der Waals surface area contributed by atoms with Gasteiger partial charge in [0.15, 0.2) is 22.3 Å². The summed E-state index contributed by atoms with van der Waals surface area (Å²) in [7, 11) is 4.87. The van der Waals surface area contributed by atoms with E-state index < -0.39 is 0 Å². The second-order valence-electron chi connectivity index (χ2n) is 5.39. The van der Waals surface area contributed by atoms with Gasteiger partial charge in [-0.1, -0.05) is 17.4 Å². The predicted molar refractivity (Wildman–Crippen MR) is 99.2 cm³/mol. The van der Waals surface area contributed by atoms with Crippen molar-refractivity contribution in [2.45, 2.75) is 0 Å². The Balaban J connectivity index is 1.81. The molecule has 0 saturated carbocycles. The van der Waals surface area contributed by atoms with Gasteiger partial charge < -0.3 is 14.2 Å². The number of ether oxygens (including phenoxy) is 3. The summed E-state index contributed by atoms with van der Waals surface area (Å²) in [6, 6.07) is 13.3. The summed E-state index contributed by atoms with van der Waals surface area (Å²) in [6.07, 6.45) is 0. The van der Waals surface area contributed by atoms with E-state index in [0.29, 0.717) is 22.3 Å². The quantitative estimate of drug-likeness (QED) is 0.537. The van der Waals surface area contributed by atoms with Gasteiger partial charge in [-0.05, 0) is 36.4 Å². The molecule has 0 fully saturated rings. The zero-order valence-electron chi connectivity index (χ0n) is 14.5. The zero-order chi connectivity index (χ0) is 18.1. The van der Waals surface area contributed by atoms with Crippen molar-refractivity contribution in [3.8, 4) is 39.2 Å². The predicted octanol–water partition coefficient (Wildman–Crippen LogP) is 3.55. The Morgan fingerprint density at radius 3 is 2.38 bits per heavy atom. The molecule has 0 aliphatic rings. The number of para-hydroxylation sites is 1. The van der Waals surface area contributed by atoms with Crippen molar-refractivity contribution in [3.63, 3.8) is 0 Å². The number of rotatable bonds is 5. The molecule has 0 aliphatic carbocycles. The maximum absolute atomic E-state index is 5.52. The highest BCUT2D eigenvalue weighted by Gasteiger charge is 2.18. The van der Waals surface area contributed by atoms with Gasteiger partial charge in [-0.15, -0.1) is 10.2 Å². The zero-order valence-corrected chi connectivity index (χ0v) is 15.3. The Morgan fingerprint density at radius 1 is 0.885 bits per heavy atom. The molecule has 0 atom stereocenters. The first-order valence-electron chi connectivity index (χ1n) is 7.83. The number of benzene rings is 2. The highest BCUT2D eigenvalue weighted by molar-refractivity contribution is 7.19. The number of methoxy groups -OCH3 is 3. The van der Waals surface area contributed by atoms with Crippen molar-refractivity contribution in [3.05, 3.63) is 42.5 Å². The van der Waals surface area contributed by atoms with Crippen LogP contribution in [0.2, 0.25) is 0 Å². The highest BCUT2D eigenvalue weighted by atomic mass is 32.1. The largest absolute Gasteiger partial charge is 0.497 e. The molecule has 2 aromatic carbocycles. The Bertz CT molecular complexity index is 1060. The fraction of sp³-hybridized carbons (Fsp3) is 0.167. The SMILES string of the molecule is COc1ccc(-c2nnc3sc(-c4cccc(OC)c4OC)nn23)cc1. The molecule has 26 heavy (non-hydrogen) atoms. The van der Waals surface area contributed by atoms with E-state index in [1.807, 2.05) is 42.5 Å². The number of fused-ring (bicyclic) bond motifs is 1. The molecule has 0 aliphatic heterocycles. The van der Waals surface area contributed by atoms with Gasteiger partial charge in [0.05, 0.1) is 26.9 Å². The highest BCUT2D eigenvalue weighted by Crippen LogP contribution is 2.39. The van der Waals surface area contributed by atoms with Crippen molar-refractivity contribution in [1.82, 2.24) is 19.8 Å². The summed E-state index contributed by atoms with van der Waals surface area (Å²) < 4.78 is 17.8. The van der Waals surface area contributed by atoms with Crippen LogP contribution in [0, 0.1) is 0 Å². The van der Waals surface area contributed by atoms with E-state index in [1.54, 1.807) is 25.8 Å². The van der Waals surface area contributed by atoms with Crippen molar-refractivity contribution >= 4 is 16.3 Å². The van der Waals surface area contributed by atoms with E-state index >= 15 is 0 Å². The second kappa shape index (κ2) is 6.64. The minimum absolute atomic E-state index is 0.644. The first kappa shape index (κ1) is 16.3. The molecule has 0 spiro atoms. The summed E-state index contributed by atoms with van der Waals surface area (Å²) in [4.78, 5) is 0.704. The van der Waals surface area contributed by atoms with Crippen LogP contribution in [0.4, 0.5) is 0 Å². The van der Waals surface area contributed by atoms with Gasteiger partial charge in [0.25, 0.3) is 0 Å². The first-order chi connectivity index (χ1) is 12.7. The normalized spacial score (nSPS) is 10.9. The summed E-state index contributed by atoms with van der Waals surface area (Å²) in [5.41, 5.74) is 1.76.